The van der Waals surface area contributed by atoms with Crippen LogP contribution in [0.5, 0.6) is 0 Å². The summed E-state index contributed by atoms with van der Waals surface area (Å²) in [5.41, 5.74) is 1.10. The average molecular weight is 223 g/mol. The highest BCUT2D eigenvalue weighted by molar-refractivity contribution is 6.30. The molecule has 0 atom stereocenters. The van der Waals surface area contributed by atoms with Crippen molar-refractivity contribution in [2.45, 2.75) is 19.3 Å². The van der Waals surface area contributed by atoms with E-state index in [1.807, 2.05) is 30.5 Å². The Morgan fingerprint density at radius 2 is 1.73 bits per heavy atom. The van der Waals surface area contributed by atoms with Gasteiger partial charge in [-0.1, -0.05) is 23.7 Å². The molecule has 80 valence electrons. The molecular weight excluding hydrogens is 208 g/mol. The Hall–Kier alpha value is -1.02. The number of hydrazone groups is 1. The summed E-state index contributed by atoms with van der Waals surface area (Å²) in [5.74, 6) is 0. The predicted molar refractivity (Wildman–Crippen MR) is 64.5 cm³/mol. The van der Waals surface area contributed by atoms with Gasteiger partial charge in [-0.3, -0.25) is 5.01 Å². The smallest absolute Gasteiger partial charge is 0.0542 e. The maximum absolute atomic E-state index is 5.81. The van der Waals surface area contributed by atoms with E-state index in [0.717, 1.165) is 23.7 Å². The lowest BCUT2D eigenvalue weighted by atomic mass is 10.2. The standard InChI is InChI=1S/C12H15ClN2/c13-12-6-4-11(5-7-12)10-14-15-8-2-1-3-9-15/h4-7,10H,1-3,8-9H2. The molecule has 1 fully saturated rings. The van der Waals surface area contributed by atoms with Gasteiger partial charge in [-0.05, 0) is 37.0 Å². The number of piperidine rings is 1. The van der Waals surface area contributed by atoms with Gasteiger partial charge in [-0.15, -0.1) is 0 Å². The molecule has 1 aliphatic heterocycles. The van der Waals surface area contributed by atoms with E-state index in [1.165, 1.54) is 19.3 Å². The highest BCUT2D eigenvalue weighted by Gasteiger charge is 2.05. The van der Waals surface area contributed by atoms with E-state index < -0.39 is 0 Å². The topological polar surface area (TPSA) is 15.6 Å². The molecule has 1 saturated heterocycles. The summed E-state index contributed by atoms with van der Waals surface area (Å²) in [5, 5.41) is 7.35. The minimum Gasteiger partial charge on any atom is -0.297 e. The first-order valence-electron chi connectivity index (χ1n) is 5.39. The van der Waals surface area contributed by atoms with Crippen molar-refractivity contribution in [1.29, 1.82) is 0 Å². The van der Waals surface area contributed by atoms with Crippen LogP contribution in [0, 0.1) is 0 Å². The number of benzene rings is 1. The molecule has 1 aromatic rings. The quantitative estimate of drug-likeness (QED) is 0.702. The van der Waals surface area contributed by atoms with E-state index >= 15 is 0 Å². The minimum absolute atomic E-state index is 0.769. The van der Waals surface area contributed by atoms with Crippen molar-refractivity contribution in [3.63, 3.8) is 0 Å². The molecule has 1 aliphatic rings. The summed E-state index contributed by atoms with van der Waals surface area (Å²) in [6.45, 7) is 2.17. The molecule has 1 aromatic carbocycles. The molecule has 0 spiro atoms. The van der Waals surface area contributed by atoms with Crippen LogP contribution >= 0.6 is 11.6 Å². The molecule has 2 rings (SSSR count). The number of hydrogen-bond donors (Lipinski definition) is 0. The first kappa shape index (κ1) is 10.5. The molecule has 1 heterocycles. The SMILES string of the molecule is Clc1ccc(C=NN2CCCCC2)cc1. The molecule has 2 nitrogen and oxygen atoms in total. The van der Waals surface area contributed by atoms with E-state index in [9.17, 15) is 0 Å². The first-order chi connectivity index (χ1) is 7.34. The van der Waals surface area contributed by atoms with E-state index in [1.54, 1.807) is 0 Å². The first-order valence-corrected chi connectivity index (χ1v) is 5.77. The van der Waals surface area contributed by atoms with Crippen molar-refractivity contribution >= 4 is 17.8 Å². The summed E-state index contributed by atoms with van der Waals surface area (Å²) in [6.07, 6.45) is 5.77. The third-order valence-electron chi connectivity index (χ3n) is 2.57. The lowest BCUT2D eigenvalue weighted by Crippen LogP contribution is -2.24. The maximum Gasteiger partial charge on any atom is 0.0542 e. The summed E-state index contributed by atoms with van der Waals surface area (Å²) >= 11 is 5.81. The Morgan fingerprint density at radius 1 is 1.07 bits per heavy atom. The van der Waals surface area contributed by atoms with E-state index in [2.05, 4.69) is 10.1 Å². The predicted octanol–water partition coefficient (Wildman–Crippen LogP) is 3.16. The number of halogens is 1. The van der Waals surface area contributed by atoms with Crippen LogP contribution < -0.4 is 0 Å². The Kier molecular flexibility index (Phi) is 3.62. The van der Waals surface area contributed by atoms with Crippen molar-refractivity contribution < 1.29 is 0 Å². The second-order valence-corrected chi connectivity index (χ2v) is 4.25. The maximum atomic E-state index is 5.81. The van der Waals surface area contributed by atoms with Gasteiger partial charge >= 0.3 is 0 Å². The van der Waals surface area contributed by atoms with Crippen LogP contribution in [0.2, 0.25) is 5.02 Å². The van der Waals surface area contributed by atoms with Gasteiger partial charge in [0.05, 0.1) is 6.21 Å². The fourth-order valence-corrected chi connectivity index (χ4v) is 1.82. The van der Waals surface area contributed by atoms with Crippen molar-refractivity contribution in [2.24, 2.45) is 5.10 Å². The van der Waals surface area contributed by atoms with Crippen molar-refractivity contribution in [2.75, 3.05) is 13.1 Å². The molecule has 0 amide bonds. The second kappa shape index (κ2) is 5.17. The zero-order chi connectivity index (χ0) is 10.5. The molecule has 0 radical (unpaired) electrons. The van der Waals surface area contributed by atoms with Crippen LogP contribution in [0.25, 0.3) is 0 Å². The molecule has 0 unspecified atom stereocenters. The van der Waals surface area contributed by atoms with E-state index in [-0.39, 0.29) is 0 Å². The lowest BCUT2D eigenvalue weighted by Gasteiger charge is -2.23. The molecule has 0 saturated carbocycles. The van der Waals surface area contributed by atoms with Crippen LogP contribution in [0.1, 0.15) is 24.8 Å². The summed E-state index contributed by atoms with van der Waals surface area (Å²) < 4.78 is 0. The van der Waals surface area contributed by atoms with Crippen LogP contribution in [0.15, 0.2) is 29.4 Å². The zero-order valence-electron chi connectivity index (χ0n) is 8.69. The van der Waals surface area contributed by atoms with E-state index in [4.69, 9.17) is 11.6 Å². The van der Waals surface area contributed by atoms with Crippen molar-refractivity contribution in [1.82, 2.24) is 5.01 Å². The van der Waals surface area contributed by atoms with Crippen molar-refractivity contribution in [3.05, 3.63) is 34.9 Å². The second-order valence-electron chi connectivity index (χ2n) is 3.81. The minimum atomic E-state index is 0.769. The third-order valence-corrected chi connectivity index (χ3v) is 2.82. The Morgan fingerprint density at radius 3 is 2.40 bits per heavy atom. The van der Waals surface area contributed by atoms with Gasteiger partial charge in [0, 0.05) is 18.1 Å². The van der Waals surface area contributed by atoms with Gasteiger partial charge in [0.2, 0.25) is 0 Å². The summed E-state index contributed by atoms with van der Waals surface area (Å²) in [7, 11) is 0. The van der Waals surface area contributed by atoms with Gasteiger partial charge in [0.25, 0.3) is 0 Å². The summed E-state index contributed by atoms with van der Waals surface area (Å²) in [6, 6.07) is 7.74. The molecule has 0 aliphatic carbocycles. The molecule has 15 heavy (non-hydrogen) atoms. The normalized spacial score (nSPS) is 17.3. The van der Waals surface area contributed by atoms with Gasteiger partial charge in [0.1, 0.15) is 0 Å². The summed E-state index contributed by atoms with van der Waals surface area (Å²) in [4.78, 5) is 0. The fraction of sp³-hybridized carbons (Fsp3) is 0.417. The number of hydrogen-bond acceptors (Lipinski definition) is 2. The average Bonchev–Trinajstić information content (AvgIpc) is 2.30. The molecule has 3 heteroatoms. The van der Waals surface area contributed by atoms with Crippen LogP contribution in [-0.4, -0.2) is 24.3 Å². The fourth-order valence-electron chi connectivity index (χ4n) is 1.69. The zero-order valence-corrected chi connectivity index (χ0v) is 9.45. The van der Waals surface area contributed by atoms with Crippen LogP contribution in [0.3, 0.4) is 0 Å². The van der Waals surface area contributed by atoms with Gasteiger partial charge in [-0.2, -0.15) is 5.10 Å². The molecular formula is C12H15ClN2. The largest absolute Gasteiger partial charge is 0.297 e. The van der Waals surface area contributed by atoms with Gasteiger partial charge in [0.15, 0.2) is 0 Å². The third kappa shape index (κ3) is 3.24. The lowest BCUT2D eigenvalue weighted by molar-refractivity contribution is 0.240. The van der Waals surface area contributed by atoms with Gasteiger partial charge in [-0.25, -0.2) is 0 Å². The Bertz CT molecular complexity index is 326. The molecule has 0 bridgehead atoms. The number of rotatable bonds is 2. The van der Waals surface area contributed by atoms with Crippen LogP contribution in [0.4, 0.5) is 0 Å². The van der Waals surface area contributed by atoms with E-state index in [0.29, 0.717) is 0 Å². The highest BCUT2D eigenvalue weighted by Crippen LogP contribution is 2.10. The molecule has 0 N–H and O–H groups in total. The highest BCUT2D eigenvalue weighted by atomic mass is 35.5. The van der Waals surface area contributed by atoms with Gasteiger partial charge < -0.3 is 0 Å². The Labute approximate surface area is 95.5 Å². The monoisotopic (exact) mass is 222 g/mol. The molecule has 0 aromatic heterocycles. The van der Waals surface area contributed by atoms with Crippen LogP contribution in [-0.2, 0) is 0 Å². The Balaban J connectivity index is 1.95. The van der Waals surface area contributed by atoms with Crippen molar-refractivity contribution in [3.8, 4) is 0 Å². The number of nitrogens with zero attached hydrogens (tertiary/aromatic N) is 2.